The van der Waals surface area contributed by atoms with Crippen molar-refractivity contribution in [1.82, 2.24) is 0 Å². The van der Waals surface area contributed by atoms with Crippen molar-refractivity contribution in [2.45, 2.75) is 65.0 Å². The maximum Gasteiger partial charge on any atom is 0.334 e. The molecule has 0 aromatic heterocycles. The van der Waals surface area contributed by atoms with Gasteiger partial charge >= 0.3 is 11.9 Å². The van der Waals surface area contributed by atoms with Gasteiger partial charge in [0, 0.05) is 23.5 Å². The van der Waals surface area contributed by atoms with Crippen LogP contribution in [0.3, 0.4) is 0 Å². The van der Waals surface area contributed by atoms with Gasteiger partial charge in [0.2, 0.25) is 0 Å². The van der Waals surface area contributed by atoms with E-state index in [0.717, 1.165) is 5.57 Å². The highest BCUT2D eigenvalue weighted by atomic mass is 16.6. The molecule has 26 heavy (non-hydrogen) atoms. The summed E-state index contributed by atoms with van der Waals surface area (Å²) in [4.78, 5) is 24.5. The second kappa shape index (κ2) is 6.50. The smallest absolute Gasteiger partial charge is 0.334 e. The lowest BCUT2D eigenvalue weighted by molar-refractivity contribution is -0.165. The minimum atomic E-state index is -0.889. The van der Waals surface area contributed by atoms with Gasteiger partial charge in [-0.3, -0.25) is 0 Å². The first-order valence-electron chi connectivity index (χ1n) is 9.18. The highest BCUT2D eigenvalue weighted by molar-refractivity contribution is 5.91. The zero-order chi connectivity index (χ0) is 19.4. The number of aliphatic hydroxyl groups excluding tert-OH is 2. The van der Waals surface area contributed by atoms with Crippen LogP contribution in [0.5, 0.6) is 0 Å². The Kier molecular flexibility index (Phi) is 4.78. The lowest BCUT2D eigenvalue weighted by Crippen LogP contribution is -2.51. The van der Waals surface area contributed by atoms with Gasteiger partial charge in [0.05, 0.1) is 18.1 Å². The number of carbonyl (C=O) groups excluding carboxylic acids is 2. The van der Waals surface area contributed by atoms with Crippen molar-refractivity contribution >= 4 is 11.9 Å². The number of fused-ring (bicyclic) bond motifs is 2. The molecular weight excluding hydrogens is 336 g/mol. The predicted octanol–water partition coefficient (Wildman–Crippen LogP) is 1.75. The molecule has 8 atom stereocenters. The van der Waals surface area contributed by atoms with Gasteiger partial charge in [-0.05, 0) is 32.1 Å². The van der Waals surface area contributed by atoms with Gasteiger partial charge < -0.3 is 19.7 Å². The molecule has 2 aliphatic carbocycles. The Balaban J connectivity index is 2.08. The first-order chi connectivity index (χ1) is 12.1. The van der Waals surface area contributed by atoms with E-state index in [2.05, 4.69) is 6.58 Å². The van der Waals surface area contributed by atoms with Crippen molar-refractivity contribution in [1.29, 1.82) is 0 Å². The molecule has 0 spiro atoms. The van der Waals surface area contributed by atoms with Crippen LogP contribution in [0.4, 0.5) is 0 Å². The van der Waals surface area contributed by atoms with Crippen LogP contribution >= 0.6 is 0 Å². The van der Waals surface area contributed by atoms with E-state index in [1.54, 1.807) is 13.8 Å². The summed E-state index contributed by atoms with van der Waals surface area (Å²) in [5.74, 6) is -1.80. The van der Waals surface area contributed by atoms with Gasteiger partial charge in [0.15, 0.2) is 0 Å². The molecule has 144 valence electrons. The number of ether oxygens (including phenoxy) is 2. The number of hydrogen-bond acceptors (Lipinski definition) is 6. The highest BCUT2D eigenvalue weighted by Gasteiger charge is 2.65. The zero-order valence-corrected chi connectivity index (χ0v) is 15.8. The van der Waals surface area contributed by atoms with Crippen LogP contribution in [0.15, 0.2) is 23.8 Å². The molecule has 6 nitrogen and oxygen atoms in total. The van der Waals surface area contributed by atoms with E-state index in [1.165, 1.54) is 6.08 Å². The largest absolute Gasteiger partial charge is 0.458 e. The van der Waals surface area contributed by atoms with Crippen LogP contribution in [0.2, 0.25) is 0 Å². The number of esters is 2. The number of rotatable bonds is 2. The molecule has 1 saturated heterocycles. The molecule has 3 fully saturated rings. The van der Waals surface area contributed by atoms with Crippen LogP contribution < -0.4 is 0 Å². The molecule has 1 aliphatic heterocycles. The normalized spacial score (nSPS) is 44.6. The molecule has 6 heteroatoms. The number of aliphatic hydroxyl groups is 2. The molecule has 0 aromatic rings. The van der Waals surface area contributed by atoms with E-state index in [-0.39, 0.29) is 23.8 Å². The van der Waals surface area contributed by atoms with Gasteiger partial charge in [-0.25, -0.2) is 9.59 Å². The molecule has 1 heterocycles. The number of allylic oxidation sites excluding steroid dienone is 1. The minimum Gasteiger partial charge on any atom is -0.458 e. The summed E-state index contributed by atoms with van der Waals surface area (Å²) in [7, 11) is 0. The first kappa shape index (κ1) is 19.1. The van der Waals surface area contributed by atoms with Crippen molar-refractivity contribution in [2.24, 2.45) is 23.2 Å². The highest BCUT2D eigenvalue weighted by Crippen LogP contribution is 2.58. The first-order valence-corrected chi connectivity index (χ1v) is 9.18. The monoisotopic (exact) mass is 364 g/mol. The van der Waals surface area contributed by atoms with Crippen LogP contribution in [-0.2, 0) is 19.1 Å². The quantitative estimate of drug-likeness (QED) is 0.573. The van der Waals surface area contributed by atoms with Crippen LogP contribution in [0.25, 0.3) is 0 Å². The van der Waals surface area contributed by atoms with Crippen LogP contribution in [0, 0.1) is 23.2 Å². The van der Waals surface area contributed by atoms with Gasteiger partial charge in [-0.2, -0.15) is 0 Å². The SMILES string of the molecule is C=C1C(=O)OC2CC(C)C3C(O)CC(O)C3(C)C(OC(=O)C=C(C)C)C12. The fraction of sp³-hybridized carbons (Fsp3) is 0.700. The zero-order valence-electron chi connectivity index (χ0n) is 15.8. The third kappa shape index (κ3) is 2.79. The maximum absolute atomic E-state index is 12.4. The van der Waals surface area contributed by atoms with Crippen LogP contribution in [0.1, 0.15) is 40.5 Å². The number of hydrogen-bond donors (Lipinski definition) is 2. The summed E-state index contributed by atoms with van der Waals surface area (Å²) < 4.78 is 11.3. The fourth-order valence-electron chi connectivity index (χ4n) is 5.35. The number of carbonyl (C=O) groups is 2. The maximum atomic E-state index is 12.4. The van der Waals surface area contributed by atoms with E-state index < -0.39 is 47.7 Å². The molecule has 0 aromatic carbocycles. The Morgan fingerprint density at radius 3 is 2.62 bits per heavy atom. The van der Waals surface area contributed by atoms with Crippen molar-refractivity contribution in [2.75, 3.05) is 0 Å². The predicted molar refractivity (Wildman–Crippen MR) is 93.8 cm³/mol. The molecule has 8 unspecified atom stereocenters. The van der Waals surface area contributed by atoms with Gasteiger partial charge in [0.25, 0.3) is 0 Å². The third-order valence-corrected chi connectivity index (χ3v) is 6.45. The van der Waals surface area contributed by atoms with E-state index in [4.69, 9.17) is 9.47 Å². The van der Waals surface area contributed by atoms with Gasteiger partial charge in [-0.15, -0.1) is 0 Å². The molecule has 2 N–H and O–H groups in total. The van der Waals surface area contributed by atoms with Crippen molar-refractivity contribution < 1.29 is 29.3 Å². The standard InChI is InChI=1S/C20H28O6/c1-9(2)6-15(23)26-18-16-11(4)19(24)25-13(16)7-10(3)17-12(21)8-14(22)20(17,18)5/h6,10,12-14,16-18,21-22H,4,7-8H2,1-3,5H3. The minimum absolute atomic E-state index is 0.00879. The Hall–Kier alpha value is -1.66. The topological polar surface area (TPSA) is 93.1 Å². The molecule has 3 aliphatic rings. The summed E-state index contributed by atoms with van der Waals surface area (Å²) in [5, 5.41) is 21.4. The third-order valence-electron chi connectivity index (χ3n) is 6.45. The van der Waals surface area contributed by atoms with Gasteiger partial charge in [0.1, 0.15) is 12.2 Å². The molecular formula is C20H28O6. The van der Waals surface area contributed by atoms with E-state index >= 15 is 0 Å². The van der Waals surface area contributed by atoms with Crippen molar-refractivity contribution in [3.63, 3.8) is 0 Å². The van der Waals surface area contributed by atoms with Crippen LogP contribution in [-0.4, -0.2) is 46.6 Å². The van der Waals surface area contributed by atoms with Gasteiger partial charge in [-0.1, -0.05) is 26.0 Å². The summed E-state index contributed by atoms with van der Waals surface area (Å²) in [5.41, 5.74) is 0.174. The van der Waals surface area contributed by atoms with E-state index in [0.29, 0.717) is 6.42 Å². The Bertz CT molecular complexity index is 663. The average Bonchev–Trinajstić information content (AvgIpc) is 2.87. The molecule has 0 amide bonds. The second-order valence-corrected chi connectivity index (χ2v) is 8.50. The fourth-order valence-corrected chi connectivity index (χ4v) is 5.35. The summed E-state index contributed by atoms with van der Waals surface area (Å²) in [6.07, 6.45) is -0.654. The lowest BCUT2D eigenvalue weighted by atomic mass is 9.67. The summed E-state index contributed by atoms with van der Waals surface area (Å²) in [6.45, 7) is 11.3. The molecule has 2 saturated carbocycles. The molecule has 0 bridgehead atoms. The summed E-state index contributed by atoms with van der Waals surface area (Å²) >= 11 is 0. The average molecular weight is 364 g/mol. The Labute approximate surface area is 153 Å². The van der Waals surface area contributed by atoms with Crippen molar-refractivity contribution in [3.8, 4) is 0 Å². The Morgan fingerprint density at radius 1 is 1.35 bits per heavy atom. The summed E-state index contributed by atoms with van der Waals surface area (Å²) in [6, 6.07) is 0. The lowest BCUT2D eigenvalue weighted by Gasteiger charge is -2.43. The Morgan fingerprint density at radius 2 is 2.00 bits per heavy atom. The van der Waals surface area contributed by atoms with Crippen molar-refractivity contribution in [3.05, 3.63) is 23.8 Å². The van der Waals surface area contributed by atoms with E-state index in [9.17, 15) is 19.8 Å². The van der Waals surface area contributed by atoms with E-state index in [1.807, 2.05) is 13.8 Å². The second-order valence-electron chi connectivity index (χ2n) is 8.50. The molecule has 3 rings (SSSR count). The molecule has 0 radical (unpaired) electrons.